The van der Waals surface area contributed by atoms with Gasteiger partial charge in [-0.1, -0.05) is 23.5 Å². The Morgan fingerprint density at radius 3 is 2.79 bits per heavy atom. The van der Waals surface area contributed by atoms with Gasteiger partial charge in [-0.3, -0.25) is 10.1 Å². The standard InChI is InChI=1S/C8H5BrN2O2S/c9-6-4-2-1-3-5(10)7(4)14-8(6)11(12)13/h1-3H,10H2. The van der Waals surface area contributed by atoms with E-state index in [1.165, 1.54) is 0 Å². The molecule has 1 aromatic heterocycles. The third kappa shape index (κ3) is 1.27. The fraction of sp³-hybridized carbons (Fsp3) is 0. The Balaban J connectivity index is 2.86. The van der Waals surface area contributed by atoms with Crippen LogP contribution in [0.2, 0.25) is 0 Å². The number of hydrogen-bond acceptors (Lipinski definition) is 4. The molecule has 0 saturated carbocycles. The fourth-order valence-electron chi connectivity index (χ4n) is 1.22. The van der Waals surface area contributed by atoms with Gasteiger partial charge in [-0.2, -0.15) is 0 Å². The number of thiophene rings is 1. The lowest BCUT2D eigenvalue weighted by atomic mass is 10.2. The second kappa shape index (κ2) is 3.21. The van der Waals surface area contributed by atoms with Gasteiger partial charge in [0, 0.05) is 11.1 Å². The number of benzene rings is 1. The number of hydrogen-bond donors (Lipinski definition) is 1. The van der Waals surface area contributed by atoms with E-state index in [1.54, 1.807) is 18.2 Å². The van der Waals surface area contributed by atoms with Crippen molar-refractivity contribution in [1.29, 1.82) is 0 Å². The molecule has 0 fully saturated rings. The van der Waals surface area contributed by atoms with E-state index < -0.39 is 4.92 Å². The molecule has 4 nitrogen and oxygen atoms in total. The van der Waals surface area contributed by atoms with Crippen molar-refractivity contribution in [2.75, 3.05) is 5.73 Å². The maximum Gasteiger partial charge on any atom is 0.339 e. The number of nitrogens with two attached hydrogens (primary N) is 1. The molecule has 0 aliphatic rings. The Hall–Kier alpha value is -1.14. The minimum atomic E-state index is -0.409. The highest BCUT2D eigenvalue weighted by molar-refractivity contribution is 9.10. The lowest BCUT2D eigenvalue weighted by Crippen LogP contribution is -1.82. The molecule has 0 amide bonds. The fourth-order valence-corrected chi connectivity index (χ4v) is 3.00. The molecule has 0 radical (unpaired) electrons. The van der Waals surface area contributed by atoms with E-state index in [1.807, 2.05) is 0 Å². The smallest absolute Gasteiger partial charge is 0.339 e. The number of halogens is 1. The number of nitrogen functional groups attached to an aromatic ring is 1. The molecule has 2 rings (SSSR count). The van der Waals surface area contributed by atoms with E-state index in [2.05, 4.69) is 15.9 Å². The highest BCUT2D eigenvalue weighted by Crippen LogP contribution is 2.43. The molecular weight excluding hydrogens is 268 g/mol. The lowest BCUT2D eigenvalue weighted by Gasteiger charge is -1.92. The van der Waals surface area contributed by atoms with Gasteiger partial charge in [0.1, 0.15) is 4.47 Å². The second-order valence-corrected chi connectivity index (χ2v) is 4.49. The number of nitro groups is 1. The molecule has 0 spiro atoms. The van der Waals surface area contributed by atoms with Crippen LogP contribution < -0.4 is 5.73 Å². The zero-order valence-corrected chi connectivity index (χ0v) is 9.26. The van der Waals surface area contributed by atoms with Crippen molar-refractivity contribution in [3.8, 4) is 0 Å². The van der Waals surface area contributed by atoms with Crippen LogP contribution in [0.15, 0.2) is 22.7 Å². The van der Waals surface area contributed by atoms with Gasteiger partial charge in [0.25, 0.3) is 0 Å². The summed E-state index contributed by atoms with van der Waals surface area (Å²) in [5.41, 5.74) is 6.28. The van der Waals surface area contributed by atoms with Gasteiger partial charge >= 0.3 is 5.00 Å². The van der Waals surface area contributed by atoms with Crippen molar-refractivity contribution >= 4 is 48.0 Å². The molecule has 0 bridgehead atoms. The predicted octanol–water partition coefficient (Wildman–Crippen LogP) is 3.15. The summed E-state index contributed by atoms with van der Waals surface area (Å²) in [4.78, 5) is 10.2. The Bertz CT molecular complexity index is 523. The number of fused-ring (bicyclic) bond motifs is 1. The zero-order valence-electron chi connectivity index (χ0n) is 6.86. The van der Waals surface area contributed by atoms with Crippen LogP contribution in [0.25, 0.3) is 10.1 Å². The summed E-state index contributed by atoms with van der Waals surface area (Å²) in [6.45, 7) is 0. The minimum Gasteiger partial charge on any atom is -0.398 e. The first-order valence-corrected chi connectivity index (χ1v) is 5.33. The van der Waals surface area contributed by atoms with E-state index in [4.69, 9.17) is 5.73 Å². The number of rotatable bonds is 1. The maximum absolute atomic E-state index is 10.6. The molecule has 0 saturated heterocycles. The SMILES string of the molecule is Nc1cccc2c(Br)c([N+](=O)[O-])sc12. The van der Waals surface area contributed by atoms with Gasteiger partial charge in [-0.15, -0.1) is 0 Å². The number of nitrogens with zero attached hydrogens (tertiary/aromatic N) is 1. The van der Waals surface area contributed by atoms with Crippen LogP contribution in [0, 0.1) is 10.1 Å². The third-order valence-corrected chi connectivity index (χ3v) is 4.11. The Labute approximate surface area is 91.6 Å². The maximum atomic E-state index is 10.6. The zero-order chi connectivity index (χ0) is 10.3. The summed E-state index contributed by atoms with van der Waals surface area (Å²) in [7, 11) is 0. The largest absolute Gasteiger partial charge is 0.398 e. The first-order valence-electron chi connectivity index (χ1n) is 3.72. The minimum absolute atomic E-state index is 0.0953. The summed E-state index contributed by atoms with van der Waals surface area (Å²) in [6.07, 6.45) is 0. The van der Waals surface area contributed by atoms with Crippen molar-refractivity contribution in [3.05, 3.63) is 32.8 Å². The summed E-state index contributed by atoms with van der Waals surface area (Å²) < 4.78 is 1.26. The van der Waals surface area contributed by atoms with E-state index in [0.717, 1.165) is 21.4 Å². The van der Waals surface area contributed by atoms with Gasteiger partial charge in [0.05, 0.1) is 9.62 Å². The molecule has 0 atom stereocenters. The van der Waals surface area contributed by atoms with Crippen LogP contribution >= 0.6 is 27.3 Å². The van der Waals surface area contributed by atoms with Gasteiger partial charge < -0.3 is 5.73 Å². The molecule has 14 heavy (non-hydrogen) atoms. The van der Waals surface area contributed by atoms with Crippen LogP contribution in [-0.2, 0) is 0 Å². The second-order valence-electron chi connectivity index (χ2n) is 2.70. The van der Waals surface area contributed by atoms with Crippen LogP contribution in [-0.4, -0.2) is 4.92 Å². The van der Waals surface area contributed by atoms with E-state index in [0.29, 0.717) is 10.2 Å². The highest BCUT2D eigenvalue weighted by Gasteiger charge is 2.19. The summed E-state index contributed by atoms with van der Waals surface area (Å²) in [5.74, 6) is 0. The Morgan fingerprint density at radius 1 is 1.50 bits per heavy atom. The Morgan fingerprint density at radius 2 is 2.21 bits per heavy atom. The monoisotopic (exact) mass is 272 g/mol. The first-order chi connectivity index (χ1) is 6.61. The average Bonchev–Trinajstić information content (AvgIpc) is 2.46. The molecule has 72 valence electrons. The Kier molecular flexibility index (Phi) is 2.16. The lowest BCUT2D eigenvalue weighted by molar-refractivity contribution is -0.380. The summed E-state index contributed by atoms with van der Waals surface area (Å²) in [6, 6.07) is 5.31. The summed E-state index contributed by atoms with van der Waals surface area (Å²) in [5, 5.41) is 11.5. The molecule has 1 aromatic carbocycles. The molecule has 0 aliphatic heterocycles. The third-order valence-electron chi connectivity index (χ3n) is 1.83. The molecule has 1 heterocycles. The first kappa shape index (κ1) is 9.42. The van der Waals surface area contributed by atoms with Crippen molar-refractivity contribution in [3.63, 3.8) is 0 Å². The predicted molar refractivity (Wildman–Crippen MR) is 60.6 cm³/mol. The van der Waals surface area contributed by atoms with Gasteiger partial charge in [0.15, 0.2) is 0 Å². The van der Waals surface area contributed by atoms with Crippen LogP contribution in [0.4, 0.5) is 10.7 Å². The number of anilines is 1. The van der Waals surface area contributed by atoms with Crippen LogP contribution in [0.1, 0.15) is 0 Å². The van der Waals surface area contributed by atoms with E-state index in [9.17, 15) is 10.1 Å². The van der Waals surface area contributed by atoms with Crippen molar-refractivity contribution < 1.29 is 4.92 Å². The quantitative estimate of drug-likeness (QED) is 0.493. The average molecular weight is 273 g/mol. The van der Waals surface area contributed by atoms with Crippen LogP contribution in [0.5, 0.6) is 0 Å². The van der Waals surface area contributed by atoms with E-state index >= 15 is 0 Å². The van der Waals surface area contributed by atoms with E-state index in [-0.39, 0.29) is 5.00 Å². The molecule has 2 N–H and O–H groups in total. The molecule has 2 aromatic rings. The van der Waals surface area contributed by atoms with Crippen molar-refractivity contribution in [1.82, 2.24) is 0 Å². The normalized spacial score (nSPS) is 10.6. The molecule has 0 unspecified atom stereocenters. The van der Waals surface area contributed by atoms with Gasteiger partial charge in [-0.05, 0) is 22.0 Å². The van der Waals surface area contributed by atoms with Crippen LogP contribution in [0.3, 0.4) is 0 Å². The molecule has 0 aliphatic carbocycles. The summed E-state index contributed by atoms with van der Waals surface area (Å²) >= 11 is 4.29. The molecule has 6 heteroatoms. The highest BCUT2D eigenvalue weighted by atomic mass is 79.9. The van der Waals surface area contributed by atoms with Crippen molar-refractivity contribution in [2.24, 2.45) is 0 Å². The van der Waals surface area contributed by atoms with Crippen molar-refractivity contribution in [2.45, 2.75) is 0 Å². The molecular formula is C8H5BrN2O2S. The topological polar surface area (TPSA) is 69.2 Å². The van der Waals surface area contributed by atoms with Gasteiger partial charge in [-0.25, -0.2) is 0 Å². The van der Waals surface area contributed by atoms with Gasteiger partial charge in [0.2, 0.25) is 0 Å².